The molecule has 0 bridgehead atoms. The lowest BCUT2D eigenvalue weighted by molar-refractivity contribution is -0.130. The molecule has 2 heteroatoms. The van der Waals surface area contributed by atoms with Crippen molar-refractivity contribution in [2.75, 3.05) is 0 Å². The predicted octanol–water partition coefficient (Wildman–Crippen LogP) is 3.20. The van der Waals surface area contributed by atoms with Crippen LogP contribution in [0.4, 0.5) is 0 Å². The highest BCUT2D eigenvalue weighted by atomic mass is 16.1. The van der Waals surface area contributed by atoms with Crippen LogP contribution in [0.15, 0.2) is 6.07 Å². The highest BCUT2D eigenvalue weighted by Crippen LogP contribution is 2.37. The van der Waals surface area contributed by atoms with Gasteiger partial charge in [-0.1, -0.05) is 6.07 Å². The predicted molar refractivity (Wildman–Crippen MR) is 74.5 cm³/mol. The maximum Gasteiger partial charge on any atom is 0.140 e. The first-order valence-corrected chi connectivity index (χ1v) is 7.21. The molecule has 2 nitrogen and oxygen atoms in total. The summed E-state index contributed by atoms with van der Waals surface area (Å²) >= 11 is 0. The average Bonchev–Trinajstić information content (AvgIpc) is 2.82. The molecule has 0 aromatic heterocycles. The molecule has 3 rings (SSSR count). The van der Waals surface area contributed by atoms with Gasteiger partial charge >= 0.3 is 0 Å². The first-order chi connectivity index (χ1) is 9.06. The molecule has 19 heavy (non-hydrogen) atoms. The van der Waals surface area contributed by atoms with Crippen molar-refractivity contribution in [3.05, 3.63) is 33.9 Å². The summed E-state index contributed by atoms with van der Waals surface area (Å²) in [6.07, 6.45) is 4.83. The van der Waals surface area contributed by atoms with Gasteiger partial charge in [-0.25, -0.2) is 0 Å². The van der Waals surface area contributed by atoms with Crippen LogP contribution in [0, 0.1) is 13.8 Å². The molecule has 0 unspecified atom stereocenters. The molecule has 0 saturated heterocycles. The molecule has 1 aromatic rings. The molecule has 0 aliphatic heterocycles. The summed E-state index contributed by atoms with van der Waals surface area (Å²) in [4.78, 5) is 23.3. The topological polar surface area (TPSA) is 34.1 Å². The fourth-order valence-corrected chi connectivity index (χ4v) is 3.83. The Morgan fingerprint density at radius 1 is 1.00 bits per heavy atom. The molecule has 0 radical (unpaired) electrons. The Morgan fingerprint density at radius 3 is 2.32 bits per heavy atom. The number of fused-ring (bicyclic) bond motifs is 1. The molecule has 0 spiro atoms. The summed E-state index contributed by atoms with van der Waals surface area (Å²) in [5.74, 6) is 0.343. The third kappa shape index (κ3) is 2.13. The van der Waals surface area contributed by atoms with Gasteiger partial charge in [0, 0.05) is 12.8 Å². The lowest BCUT2D eigenvalue weighted by Crippen LogP contribution is -2.22. The number of benzene rings is 1. The largest absolute Gasteiger partial charge is 0.299 e. The van der Waals surface area contributed by atoms with Gasteiger partial charge in [0.05, 0.1) is 6.42 Å². The van der Waals surface area contributed by atoms with E-state index in [0.29, 0.717) is 12.8 Å². The fourth-order valence-electron chi connectivity index (χ4n) is 3.83. The van der Waals surface area contributed by atoms with Crippen molar-refractivity contribution in [3.63, 3.8) is 0 Å². The Hall–Kier alpha value is -1.44. The van der Waals surface area contributed by atoms with Crippen molar-refractivity contribution in [3.8, 4) is 0 Å². The Morgan fingerprint density at radius 2 is 1.63 bits per heavy atom. The van der Waals surface area contributed by atoms with Gasteiger partial charge in [-0.05, 0) is 66.8 Å². The van der Waals surface area contributed by atoms with Crippen LogP contribution < -0.4 is 0 Å². The monoisotopic (exact) mass is 256 g/mol. The van der Waals surface area contributed by atoms with Gasteiger partial charge in [0.25, 0.3) is 0 Å². The number of hydrogen-bond donors (Lipinski definition) is 0. The zero-order chi connectivity index (χ0) is 13.6. The van der Waals surface area contributed by atoms with Crippen molar-refractivity contribution in [2.24, 2.45) is 0 Å². The zero-order valence-electron chi connectivity index (χ0n) is 11.7. The number of hydrogen-bond acceptors (Lipinski definition) is 2. The molecule has 2 aliphatic carbocycles. The Bertz CT molecular complexity index is 553. The summed E-state index contributed by atoms with van der Waals surface area (Å²) in [6, 6.07) is 2.23. The molecule has 2 aliphatic rings. The minimum Gasteiger partial charge on any atom is -0.299 e. The van der Waals surface area contributed by atoms with Gasteiger partial charge in [-0.15, -0.1) is 0 Å². The first-order valence-electron chi connectivity index (χ1n) is 7.21. The second kappa shape index (κ2) is 4.59. The van der Waals surface area contributed by atoms with E-state index in [1.807, 2.05) is 0 Å². The third-order valence-electron chi connectivity index (χ3n) is 4.73. The van der Waals surface area contributed by atoms with Gasteiger partial charge in [0.15, 0.2) is 0 Å². The van der Waals surface area contributed by atoms with Crippen molar-refractivity contribution < 1.29 is 9.59 Å². The summed E-state index contributed by atoms with van der Waals surface area (Å²) in [5, 5.41) is 0. The van der Waals surface area contributed by atoms with Crippen LogP contribution in [0.2, 0.25) is 0 Å². The average molecular weight is 256 g/mol. The number of ketones is 2. The second-order valence-electron chi connectivity index (χ2n) is 6.08. The summed E-state index contributed by atoms with van der Waals surface area (Å²) in [7, 11) is 0. The highest BCUT2D eigenvalue weighted by molar-refractivity contribution is 6.02. The Labute approximate surface area is 114 Å². The maximum atomic E-state index is 11.7. The standard InChI is InChI=1S/C17H20O2/c1-10-6-17(11(2)16-5-3-4-15(10)16)12-7-13(18)9-14(19)8-12/h6,12H,3-5,7-9H2,1-2H3. The van der Waals surface area contributed by atoms with E-state index in [9.17, 15) is 9.59 Å². The number of aryl methyl sites for hydroxylation is 1. The van der Waals surface area contributed by atoms with Crippen LogP contribution in [0.5, 0.6) is 0 Å². The van der Waals surface area contributed by atoms with Crippen LogP contribution in [-0.2, 0) is 22.4 Å². The third-order valence-corrected chi connectivity index (χ3v) is 4.73. The fraction of sp³-hybridized carbons (Fsp3) is 0.529. The van der Waals surface area contributed by atoms with Crippen molar-refractivity contribution in [1.82, 2.24) is 0 Å². The number of carbonyl (C=O) groups is 2. The van der Waals surface area contributed by atoms with Crippen LogP contribution in [0.3, 0.4) is 0 Å². The van der Waals surface area contributed by atoms with E-state index in [2.05, 4.69) is 19.9 Å². The molecule has 1 saturated carbocycles. The van der Waals surface area contributed by atoms with E-state index in [1.54, 1.807) is 0 Å². The van der Waals surface area contributed by atoms with Crippen molar-refractivity contribution in [1.29, 1.82) is 0 Å². The number of rotatable bonds is 1. The SMILES string of the molecule is Cc1cc(C2CC(=O)CC(=O)C2)c(C)c2c1CCC2. The Kier molecular flexibility index (Phi) is 3.04. The van der Waals surface area contributed by atoms with Crippen LogP contribution in [0.25, 0.3) is 0 Å². The van der Waals surface area contributed by atoms with Gasteiger partial charge in [-0.3, -0.25) is 9.59 Å². The van der Waals surface area contributed by atoms with Crippen molar-refractivity contribution >= 4 is 11.6 Å². The summed E-state index contributed by atoms with van der Waals surface area (Å²) in [5.41, 5.74) is 6.93. The molecule has 0 atom stereocenters. The van der Waals surface area contributed by atoms with E-state index in [4.69, 9.17) is 0 Å². The van der Waals surface area contributed by atoms with Crippen LogP contribution in [-0.4, -0.2) is 11.6 Å². The van der Waals surface area contributed by atoms with E-state index in [1.165, 1.54) is 40.7 Å². The van der Waals surface area contributed by atoms with Crippen LogP contribution in [0.1, 0.15) is 59.4 Å². The van der Waals surface area contributed by atoms with Crippen LogP contribution >= 0.6 is 0 Å². The van der Waals surface area contributed by atoms with Gasteiger partial charge in [-0.2, -0.15) is 0 Å². The lowest BCUT2D eigenvalue weighted by Gasteiger charge is -2.24. The number of Topliss-reactive ketones (excluding diaryl/α,β-unsaturated/α-hetero) is 2. The zero-order valence-corrected chi connectivity index (χ0v) is 11.7. The number of carbonyl (C=O) groups excluding carboxylic acids is 2. The molecule has 0 heterocycles. The quantitative estimate of drug-likeness (QED) is 0.723. The van der Waals surface area contributed by atoms with Gasteiger partial charge in [0.2, 0.25) is 0 Å². The minimum absolute atomic E-state index is 0.110. The molecule has 100 valence electrons. The molecule has 1 fully saturated rings. The van der Waals surface area contributed by atoms with E-state index in [0.717, 1.165) is 6.42 Å². The second-order valence-corrected chi connectivity index (χ2v) is 6.08. The Balaban J connectivity index is 2.03. The van der Waals surface area contributed by atoms with E-state index in [-0.39, 0.29) is 23.9 Å². The first kappa shape index (κ1) is 12.6. The molecular weight excluding hydrogens is 236 g/mol. The summed E-state index contributed by atoms with van der Waals surface area (Å²) in [6.45, 7) is 4.34. The normalized spacial score (nSPS) is 19.9. The minimum atomic E-state index is 0.110. The molecular formula is C17H20O2. The maximum absolute atomic E-state index is 11.7. The molecule has 0 amide bonds. The smallest absolute Gasteiger partial charge is 0.140 e. The van der Waals surface area contributed by atoms with Crippen molar-refractivity contribution in [2.45, 2.75) is 58.3 Å². The molecule has 1 aromatic carbocycles. The molecule has 0 N–H and O–H groups in total. The van der Waals surface area contributed by atoms with Gasteiger partial charge < -0.3 is 0 Å². The highest BCUT2D eigenvalue weighted by Gasteiger charge is 2.29. The van der Waals surface area contributed by atoms with E-state index < -0.39 is 0 Å². The lowest BCUT2D eigenvalue weighted by atomic mass is 9.79. The van der Waals surface area contributed by atoms with Gasteiger partial charge in [0.1, 0.15) is 11.6 Å². The summed E-state index contributed by atoms with van der Waals surface area (Å²) < 4.78 is 0. The van der Waals surface area contributed by atoms with E-state index >= 15 is 0 Å².